The van der Waals surface area contributed by atoms with E-state index in [0.717, 1.165) is 36.4 Å². The second-order valence-electron chi connectivity index (χ2n) is 6.17. The van der Waals surface area contributed by atoms with Gasteiger partial charge in [-0.15, -0.1) is 11.3 Å². The van der Waals surface area contributed by atoms with Crippen LogP contribution in [0.1, 0.15) is 49.2 Å². The fourth-order valence-corrected chi connectivity index (χ4v) is 3.58. The fourth-order valence-electron chi connectivity index (χ4n) is 2.98. The molecule has 0 radical (unpaired) electrons. The molecule has 1 aliphatic carbocycles. The molecule has 2 rings (SSSR count). The Bertz CT molecular complexity index is 481. The number of guanidine groups is 1. The molecule has 1 N–H and O–H groups in total. The summed E-state index contributed by atoms with van der Waals surface area (Å²) < 4.78 is 6.01. The molecule has 23 heavy (non-hydrogen) atoms. The third-order valence-electron chi connectivity index (χ3n) is 4.18. The van der Waals surface area contributed by atoms with Gasteiger partial charge in [0.15, 0.2) is 5.96 Å². The number of nitrogens with one attached hydrogen (secondary N) is 1. The minimum atomic E-state index is 0.456. The monoisotopic (exact) mass is 338 g/mol. The van der Waals surface area contributed by atoms with Crippen molar-refractivity contribution in [2.24, 2.45) is 4.99 Å². The molecule has 1 aromatic rings. The number of hydrogen-bond donors (Lipinski definition) is 1. The maximum atomic E-state index is 6.01. The first-order valence-electron chi connectivity index (χ1n) is 8.63. The number of hydrogen-bond acceptors (Lipinski definition) is 4. The van der Waals surface area contributed by atoms with E-state index in [9.17, 15) is 0 Å². The van der Waals surface area contributed by atoms with Crippen LogP contribution < -0.4 is 5.32 Å². The quantitative estimate of drug-likeness (QED) is 0.374. The van der Waals surface area contributed by atoms with Crippen LogP contribution in [0.2, 0.25) is 0 Å². The summed E-state index contributed by atoms with van der Waals surface area (Å²) in [5, 5.41) is 6.59. The second kappa shape index (κ2) is 9.88. The first kappa shape index (κ1) is 18.2. The number of aliphatic imine (C=N–C) groups is 1. The van der Waals surface area contributed by atoms with Crippen LogP contribution in [0.4, 0.5) is 0 Å². The van der Waals surface area contributed by atoms with Gasteiger partial charge >= 0.3 is 0 Å². The zero-order valence-corrected chi connectivity index (χ0v) is 15.5. The second-order valence-corrected chi connectivity index (χ2v) is 7.23. The molecular formula is C17H30N4OS. The molecule has 0 aliphatic heterocycles. The van der Waals surface area contributed by atoms with Gasteiger partial charge in [0, 0.05) is 26.0 Å². The van der Waals surface area contributed by atoms with Crippen LogP contribution in [0.25, 0.3) is 0 Å². The molecule has 1 heterocycles. The van der Waals surface area contributed by atoms with E-state index in [-0.39, 0.29) is 0 Å². The Balaban J connectivity index is 1.67. The Labute approximate surface area is 144 Å². The zero-order chi connectivity index (χ0) is 16.5. The Kier molecular flexibility index (Phi) is 7.82. The maximum Gasteiger partial charge on any atom is 0.193 e. The van der Waals surface area contributed by atoms with Gasteiger partial charge < -0.3 is 15.0 Å². The third kappa shape index (κ3) is 6.47. The van der Waals surface area contributed by atoms with Crippen molar-refractivity contribution in [3.63, 3.8) is 0 Å². The molecule has 0 atom stereocenters. The van der Waals surface area contributed by atoms with Crippen molar-refractivity contribution >= 4 is 17.3 Å². The van der Waals surface area contributed by atoms with E-state index in [0.29, 0.717) is 6.10 Å². The lowest BCUT2D eigenvalue weighted by molar-refractivity contribution is 0.0466. The molecule has 1 aliphatic rings. The van der Waals surface area contributed by atoms with Crippen LogP contribution in [0.5, 0.6) is 0 Å². The summed E-state index contributed by atoms with van der Waals surface area (Å²) >= 11 is 1.69. The summed E-state index contributed by atoms with van der Waals surface area (Å²) in [6.07, 6.45) is 8.26. The average molecular weight is 339 g/mol. The lowest BCUT2D eigenvalue weighted by Gasteiger charge is -2.22. The molecule has 0 saturated heterocycles. The SMILES string of the molecule is CN=C(NCCOC1CCCCCC1)N(C)Cc1csc(C)n1. The van der Waals surface area contributed by atoms with Crippen molar-refractivity contribution in [2.75, 3.05) is 27.2 Å². The molecule has 0 amide bonds. The minimum absolute atomic E-state index is 0.456. The number of aryl methyl sites for hydroxylation is 1. The Morgan fingerprint density at radius 1 is 1.39 bits per heavy atom. The molecule has 0 unspecified atom stereocenters. The number of ether oxygens (including phenoxy) is 1. The highest BCUT2D eigenvalue weighted by Gasteiger charge is 2.13. The van der Waals surface area contributed by atoms with Crippen LogP contribution in [-0.2, 0) is 11.3 Å². The summed E-state index contributed by atoms with van der Waals surface area (Å²) in [5.41, 5.74) is 1.09. The van der Waals surface area contributed by atoms with E-state index in [4.69, 9.17) is 4.74 Å². The lowest BCUT2D eigenvalue weighted by atomic mass is 10.1. The summed E-state index contributed by atoms with van der Waals surface area (Å²) in [5.74, 6) is 0.889. The van der Waals surface area contributed by atoms with Crippen LogP contribution in [0.15, 0.2) is 10.4 Å². The van der Waals surface area contributed by atoms with Crippen molar-refractivity contribution in [2.45, 2.75) is 58.1 Å². The van der Waals surface area contributed by atoms with E-state index >= 15 is 0 Å². The van der Waals surface area contributed by atoms with Gasteiger partial charge in [-0.25, -0.2) is 4.98 Å². The lowest BCUT2D eigenvalue weighted by Crippen LogP contribution is -2.40. The van der Waals surface area contributed by atoms with E-state index in [1.54, 1.807) is 11.3 Å². The van der Waals surface area contributed by atoms with Crippen LogP contribution in [-0.4, -0.2) is 49.2 Å². The molecule has 5 nitrogen and oxygen atoms in total. The van der Waals surface area contributed by atoms with Crippen molar-refractivity contribution in [1.82, 2.24) is 15.2 Å². The fraction of sp³-hybridized carbons (Fsp3) is 0.765. The van der Waals surface area contributed by atoms with Gasteiger partial charge in [-0.1, -0.05) is 25.7 Å². The predicted octanol–water partition coefficient (Wildman–Crippen LogP) is 3.20. The largest absolute Gasteiger partial charge is 0.376 e. The van der Waals surface area contributed by atoms with Gasteiger partial charge in [-0.3, -0.25) is 4.99 Å². The van der Waals surface area contributed by atoms with Crippen LogP contribution >= 0.6 is 11.3 Å². The van der Waals surface area contributed by atoms with Crippen LogP contribution in [0, 0.1) is 6.92 Å². The van der Waals surface area contributed by atoms with Gasteiger partial charge in [0.05, 0.1) is 30.0 Å². The van der Waals surface area contributed by atoms with E-state index in [2.05, 4.69) is 25.6 Å². The molecule has 1 saturated carbocycles. The highest BCUT2D eigenvalue weighted by Crippen LogP contribution is 2.19. The number of rotatable bonds is 6. The van der Waals surface area contributed by atoms with Gasteiger partial charge in [0.2, 0.25) is 0 Å². The molecule has 0 aromatic carbocycles. The molecule has 6 heteroatoms. The third-order valence-corrected chi connectivity index (χ3v) is 5.00. The summed E-state index contributed by atoms with van der Waals surface area (Å²) in [6.45, 7) is 4.34. The number of aromatic nitrogens is 1. The zero-order valence-electron chi connectivity index (χ0n) is 14.7. The number of thiazole rings is 1. The van der Waals surface area contributed by atoms with E-state index < -0.39 is 0 Å². The minimum Gasteiger partial charge on any atom is -0.376 e. The van der Waals surface area contributed by atoms with Crippen molar-refractivity contribution < 1.29 is 4.74 Å². The van der Waals surface area contributed by atoms with Gasteiger partial charge in [-0.2, -0.15) is 0 Å². The molecule has 0 spiro atoms. The normalized spacial score (nSPS) is 17.1. The molecule has 1 fully saturated rings. The molecule has 0 bridgehead atoms. The molecular weight excluding hydrogens is 308 g/mol. The predicted molar refractivity (Wildman–Crippen MR) is 97.1 cm³/mol. The Morgan fingerprint density at radius 3 is 2.74 bits per heavy atom. The Morgan fingerprint density at radius 2 is 2.13 bits per heavy atom. The van der Waals surface area contributed by atoms with E-state index in [1.165, 1.54) is 38.5 Å². The van der Waals surface area contributed by atoms with Crippen molar-refractivity contribution in [3.05, 3.63) is 16.1 Å². The van der Waals surface area contributed by atoms with Gasteiger partial charge in [-0.05, 0) is 19.8 Å². The van der Waals surface area contributed by atoms with Crippen molar-refractivity contribution in [3.8, 4) is 0 Å². The van der Waals surface area contributed by atoms with Gasteiger partial charge in [0.1, 0.15) is 0 Å². The highest BCUT2D eigenvalue weighted by molar-refractivity contribution is 7.09. The topological polar surface area (TPSA) is 49.8 Å². The average Bonchev–Trinajstić information content (AvgIpc) is 2.78. The highest BCUT2D eigenvalue weighted by atomic mass is 32.1. The standard InChI is InChI=1S/C17H30N4OS/c1-14-20-15(13-23-14)12-21(3)17(18-2)19-10-11-22-16-8-6-4-5-7-9-16/h13,16H,4-12H2,1-3H3,(H,18,19). The van der Waals surface area contributed by atoms with E-state index in [1.807, 2.05) is 21.0 Å². The van der Waals surface area contributed by atoms with Crippen molar-refractivity contribution in [1.29, 1.82) is 0 Å². The summed E-state index contributed by atoms with van der Waals surface area (Å²) in [4.78, 5) is 10.9. The van der Waals surface area contributed by atoms with Gasteiger partial charge in [0.25, 0.3) is 0 Å². The smallest absolute Gasteiger partial charge is 0.193 e. The maximum absolute atomic E-state index is 6.01. The number of nitrogens with zero attached hydrogens (tertiary/aromatic N) is 3. The van der Waals surface area contributed by atoms with Crippen LogP contribution in [0.3, 0.4) is 0 Å². The summed E-state index contributed by atoms with van der Waals surface area (Å²) in [6, 6.07) is 0. The first-order valence-corrected chi connectivity index (χ1v) is 9.51. The Hall–Kier alpha value is -1.14. The molecule has 130 valence electrons. The summed E-state index contributed by atoms with van der Waals surface area (Å²) in [7, 11) is 3.85. The first-order chi connectivity index (χ1) is 11.2. The molecule has 1 aromatic heterocycles.